The number of nitrogens with two attached hydrogens (primary N) is 1. The Morgan fingerprint density at radius 2 is 1.94 bits per heavy atom. The SMILES string of the molecule is C[C@H](c1ccccc1CCc1nc(Nc2cnn(C3CCNCC3)c2)ncc1C(F)(F)F)C(N)O. The molecule has 0 bridgehead atoms. The second kappa shape index (κ2) is 10.7. The van der Waals surface area contributed by atoms with Crippen molar-refractivity contribution in [2.75, 3.05) is 18.4 Å². The second-order valence-corrected chi connectivity index (χ2v) is 8.85. The van der Waals surface area contributed by atoms with Gasteiger partial charge >= 0.3 is 6.18 Å². The van der Waals surface area contributed by atoms with Gasteiger partial charge in [0.1, 0.15) is 6.23 Å². The van der Waals surface area contributed by atoms with Crippen molar-refractivity contribution >= 4 is 11.6 Å². The summed E-state index contributed by atoms with van der Waals surface area (Å²) in [7, 11) is 0. The Morgan fingerprint density at radius 1 is 1.20 bits per heavy atom. The van der Waals surface area contributed by atoms with Crippen LogP contribution in [0.1, 0.15) is 54.1 Å². The van der Waals surface area contributed by atoms with Crippen LogP contribution >= 0.6 is 0 Å². The molecule has 3 aromatic rings. The highest BCUT2D eigenvalue weighted by Crippen LogP contribution is 2.33. The fourth-order valence-electron chi connectivity index (χ4n) is 4.35. The third-order valence-electron chi connectivity index (χ3n) is 6.40. The average molecular weight is 490 g/mol. The van der Waals surface area contributed by atoms with Crippen LogP contribution in [0.3, 0.4) is 0 Å². The fraction of sp³-hybridized carbons (Fsp3) is 0.458. The number of aliphatic hydroxyl groups is 1. The largest absolute Gasteiger partial charge is 0.419 e. The molecule has 4 rings (SSSR count). The number of hydrogen-bond acceptors (Lipinski definition) is 7. The molecule has 1 aliphatic rings. The average Bonchev–Trinajstić information content (AvgIpc) is 3.31. The summed E-state index contributed by atoms with van der Waals surface area (Å²) in [5, 5.41) is 20.5. The molecule has 2 aromatic heterocycles. The molecule has 3 heterocycles. The number of aromatic nitrogens is 4. The van der Waals surface area contributed by atoms with E-state index in [1.165, 1.54) is 0 Å². The fourth-order valence-corrected chi connectivity index (χ4v) is 4.35. The van der Waals surface area contributed by atoms with Crippen LogP contribution in [0, 0.1) is 0 Å². The van der Waals surface area contributed by atoms with Crippen LogP contribution in [0.25, 0.3) is 0 Å². The third-order valence-corrected chi connectivity index (χ3v) is 6.40. The van der Waals surface area contributed by atoms with E-state index < -0.39 is 18.0 Å². The van der Waals surface area contributed by atoms with Gasteiger partial charge in [0.05, 0.1) is 29.2 Å². The Balaban J connectivity index is 1.54. The Labute approximate surface area is 201 Å². The first-order valence-corrected chi connectivity index (χ1v) is 11.7. The lowest BCUT2D eigenvalue weighted by atomic mass is 9.91. The van der Waals surface area contributed by atoms with Crippen molar-refractivity contribution in [2.24, 2.45) is 5.73 Å². The van der Waals surface area contributed by atoms with Gasteiger partial charge in [-0.15, -0.1) is 0 Å². The first-order chi connectivity index (χ1) is 16.7. The van der Waals surface area contributed by atoms with Gasteiger partial charge in [0, 0.05) is 18.3 Å². The van der Waals surface area contributed by atoms with E-state index in [-0.39, 0.29) is 30.0 Å². The first-order valence-electron chi connectivity index (χ1n) is 11.7. The van der Waals surface area contributed by atoms with Crippen LogP contribution in [-0.2, 0) is 19.0 Å². The zero-order chi connectivity index (χ0) is 25.0. The third kappa shape index (κ3) is 6.16. The number of aryl methyl sites for hydroxylation is 2. The van der Waals surface area contributed by atoms with E-state index in [2.05, 4.69) is 25.7 Å². The Bertz CT molecular complexity index is 1130. The summed E-state index contributed by atoms with van der Waals surface area (Å²) in [6.45, 7) is 3.62. The zero-order valence-electron chi connectivity index (χ0n) is 19.5. The maximum absolute atomic E-state index is 13.7. The molecule has 0 aliphatic carbocycles. The molecule has 1 aromatic carbocycles. The number of nitrogens with one attached hydrogen (secondary N) is 2. The molecule has 5 N–H and O–H groups in total. The van der Waals surface area contributed by atoms with Crippen LogP contribution in [0.4, 0.5) is 24.8 Å². The highest BCUT2D eigenvalue weighted by Gasteiger charge is 2.35. The van der Waals surface area contributed by atoms with Gasteiger partial charge in [0.15, 0.2) is 0 Å². The van der Waals surface area contributed by atoms with Gasteiger partial charge in [-0.3, -0.25) is 4.68 Å². The lowest BCUT2D eigenvalue weighted by Crippen LogP contribution is -2.29. The molecule has 2 atom stereocenters. The molecule has 8 nitrogen and oxygen atoms in total. The van der Waals surface area contributed by atoms with Crippen LogP contribution in [0.2, 0.25) is 0 Å². The standard InChI is InChI=1S/C24H30F3N7O/c1-15(22(28)35)19-5-3-2-4-16(19)6-7-21-20(24(25,26)27)13-30-23(33-21)32-17-12-31-34(14-17)18-8-10-29-11-9-18/h2-5,12-15,18,22,29,35H,6-11,28H2,1H3,(H,30,32,33)/t15-,22?/m1/s1. The van der Waals surface area contributed by atoms with Crippen molar-refractivity contribution < 1.29 is 18.3 Å². The molecular formula is C24H30F3N7O. The van der Waals surface area contributed by atoms with Crippen LogP contribution < -0.4 is 16.4 Å². The molecule has 1 fully saturated rings. The summed E-state index contributed by atoms with van der Waals surface area (Å²) in [5.41, 5.74) is 6.90. The molecule has 0 spiro atoms. The van der Waals surface area contributed by atoms with Crippen molar-refractivity contribution in [1.29, 1.82) is 0 Å². The summed E-state index contributed by atoms with van der Waals surface area (Å²) in [6, 6.07) is 7.57. The van der Waals surface area contributed by atoms with Gasteiger partial charge in [-0.1, -0.05) is 31.2 Å². The topological polar surface area (TPSA) is 114 Å². The summed E-state index contributed by atoms with van der Waals surface area (Å²) in [5.74, 6) is -0.274. The highest BCUT2D eigenvalue weighted by molar-refractivity contribution is 5.51. The maximum Gasteiger partial charge on any atom is 0.419 e. The predicted octanol–water partition coefficient (Wildman–Crippen LogP) is 3.53. The number of hydrogen-bond donors (Lipinski definition) is 4. The molecule has 0 saturated carbocycles. The van der Waals surface area contributed by atoms with Gasteiger partial charge in [0.25, 0.3) is 0 Å². The smallest absolute Gasteiger partial charge is 0.378 e. The van der Waals surface area contributed by atoms with Crippen molar-refractivity contribution in [3.63, 3.8) is 0 Å². The van der Waals surface area contributed by atoms with E-state index in [0.29, 0.717) is 12.1 Å². The summed E-state index contributed by atoms with van der Waals surface area (Å²) in [6.07, 6.45) is 0.902. The zero-order valence-corrected chi connectivity index (χ0v) is 19.5. The van der Waals surface area contributed by atoms with Gasteiger partial charge in [0.2, 0.25) is 5.95 Å². The number of rotatable bonds is 8. The maximum atomic E-state index is 13.7. The van der Waals surface area contributed by atoms with E-state index in [1.54, 1.807) is 13.1 Å². The van der Waals surface area contributed by atoms with E-state index in [1.807, 2.05) is 35.1 Å². The first kappa shape index (κ1) is 25.1. The Morgan fingerprint density at radius 3 is 2.66 bits per heavy atom. The molecule has 1 aliphatic heterocycles. The van der Waals surface area contributed by atoms with Crippen LogP contribution in [0.5, 0.6) is 0 Å². The summed E-state index contributed by atoms with van der Waals surface area (Å²) < 4.78 is 42.9. The number of alkyl halides is 3. The van der Waals surface area contributed by atoms with Crippen LogP contribution in [0.15, 0.2) is 42.9 Å². The molecule has 11 heteroatoms. The lowest BCUT2D eigenvalue weighted by Gasteiger charge is -2.22. The van der Waals surface area contributed by atoms with E-state index in [9.17, 15) is 18.3 Å². The van der Waals surface area contributed by atoms with Crippen molar-refractivity contribution in [3.05, 3.63) is 65.2 Å². The minimum atomic E-state index is -4.58. The molecule has 188 valence electrons. The number of aliphatic hydroxyl groups excluding tert-OH is 1. The van der Waals surface area contributed by atoms with Gasteiger partial charge in [-0.25, -0.2) is 9.97 Å². The summed E-state index contributed by atoms with van der Waals surface area (Å²) in [4.78, 5) is 8.13. The lowest BCUT2D eigenvalue weighted by molar-refractivity contribution is -0.138. The molecule has 1 unspecified atom stereocenters. The molecule has 0 radical (unpaired) electrons. The van der Waals surface area contributed by atoms with Gasteiger partial charge in [-0.05, 0) is 49.9 Å². The monoisotopic (exact) mass is 489 g/mol. The van der Waals surface area contributed by atoms with Gasteiger partial charge in [-0.2, -0.15) is 18.3 Å². The Hall–Kier alpha value is -3.02. The number of benzene rings is 1. The number of nitrogens with zero attached hydrogens (tertiary/aromatic N) is 4. The predicted molar refractivity (Wildman–Crippen MR) is 126 cm³/mol. The Kier molecular flexibility index (Phi) is 7.68. The minimum absolute atomic E-state index is 0.0464. The normalized spacial score (nSPS) is 16.7. The second-order valence-electron chi connectivity index (χ2n) is 8.85. The minimum Gasteiger partial charge on any atom is -0.378 e. The van der Waals surface area contributed by atoms with Crippen molar-refractivity contribution in [3.8, 4) is 0 Å². The van der Waals surface area contributed by atoms with E-state index >= 15 is 0 Å². The summed E-state index contributed by atoms with van der Waals surface area (Å²) >= 11 is 0. The number of anilines is 2. The van der Waals surface area contributed by atoms with Gasteiger partial charge < -0.3 is 21.5 Å². The number of piperidine rings is 1. The van der Waals surface area contributed by atoms with E-state index in [4.69, 9.17) is 5.73 Å². The quantitative estimate of drug-likeness (QED) is 0.358. The molecule has 1 saturated heterocycles. The van der Waals surface area contributed by atoms with Crippen molar-refractivity contribution in [2.45, 2.75) is 57.0 Å². The number of halogens is 3. The van der Waals surface area contributed by atoms with Crippen molar-refractivity contribution in [1.82, 2.24) is 25.1 Å². The van der Waals surface area contributed by atoms with E-state index in [0.717, 1.165) is 43.3 Å². The molecular weight excluding hydrogens is 459 g/mol. The van der Waals surface area contributed by atoms with Crippen LogP contribution in [-0.4, -0.2) is 44.2 Å². The molecule has 35 heavy (non-hydrogen) atoms. The highest BCUT2D eigenvalue weighted by atomic mass is 19.4. The molecule has 0 amide bonds.